The van der Waals surface area contributed by atoms with Crippen molar-refractivity contribution in [3.63, 3.8) is 0 Å². The third kappa shape index (κ3) is 5.00. The molecule has 0 unspecified atom stereocenters. The summed E-state index contributed by atoms with van der Waals surface area (Å²) in [5.74, 6) is 1.23. The lowest BCUT2D eigenvalue weighted by molar-refractivity contribution is -0.172. The van der Waals surface area contributed by atoms with Gasteiger partial charge >= 0.3 is 6.18 Å². The van der Waals surface area contributed by atoms with Crippen LogP contribution in [-0.4, -0.2) is 71.7 Å². The number of aryl methyl sites for hydroxylation is 1. The second-order valence-electron chi connectivity index (χ2n) is 13.1. The van der Waals surface area contributed by atoms with E-state index in [9.17, 15) is 28.2 Å². The van der Waals surface area contributed by atoms with Crippen molar-refractivity contribution in [2.75, 3.05) is 27.5 Å². The van der Waals surface area contributed by atoms with Crippen LogP contribution in [0.25, 0.3) is 6.08 Å². The van der Waals surface area contributed by atoms with Crippen LogP contribution in [0.1, 0.15) is 62.2 Å². The molecule has 0 spiro atoms. The Bertz CT molecular complexity index is 1840. The standard InChI is InChI=1S/C36H38F3N3O6/c1-17-11-21-13-25-35(45)42-24(30(41(25)4)28(21)31(44)32(17)46-5)14-23-18(2)19(3)33-34(48-16-47-33)29(23)26(42)15-40-27(43)10-9-20-7-6-8-22(12-20)36(37,38)39/h6-12,24-26,30,35,44-45H,13-16H2,1-5H3,(H,40,43)/b10-9+/t24-,25-,26-,30+,35-/m0/s1. The summed E-state index contributed by atoms with van der Waals surface area (Å²) >= 11 is 0. The van der Waals surface area contributed by atoms with E-state index in [-0.39, 0.29) is 42.8 Å². The lowest BCUT2D eigenvalue weighted by Crippen LogP contribution is -2.69. The number of amides is 1. The first-order valence-electron chi connectivity index (χ1n) is 15.9. The van der Waals surface area contributed by atoms with Crippen LogP contribution in [0.4, 0.5) is 13.2 Å². The molecule has 48 heavy (non-hydrogen) atoms. The minimum Gasteiger partial charge on any atom is -0.504 e. The van der Waals surface area contributed by atoms with Crippen molar-refractivity contribution in [1.82, 2.24) is 15.1 Å². The zero-order valence-corrected chi connectivity index (χ0v) is 27.3. The Hall–Kier alpha value is -4.26. The maximum atomic E-state index is 13.2. The molecule has 4 heterocycles. The molecule has 0 aliphatic carbocycles. The number of halogens is 3. The van der Waals surface area contributed by atoms with Crippen molar-refractivity contribution in [3.8, 4) is 23.0 Å². The summed E-state index contributed by atoms with van der Waals surface area (Å²) in [5, 5.41) is 26.7. The van der Waals surface area contributed by atoms with Crippen LogP contribution >= 0.6 is 0 Å². The Balaban J connectivity index is 1.29. The fraction of sp³-hybridized carbons (Fsp3) is 0.417. The van der Waals surface area contributed by atoms with E-state index in [1.807, 2.05) is 38.8 Å². The van der Waals surface area contributed by atoms with Crippen LogP contribution < -0.4 is 19.5 Å². The molecule has 3 aromatic carbocycles. The first kappa shape index (κ1) is 32.3. The molecule has 2 bridgehead atoms. The summed E-state index contributed by atoms with van der Waals surface area (Å²) in [5.41, 5.74) is 5.82. The minimum absolute atomic E-state index is 0.0469. The van der Waals surface area contributed by atoms with Gasteiger partial charge in [-0.25, -0.2) is 0 Å². The number of aliphatic hydroxyl groups excluding tert-OH is 1. The number of rotatable bonds is 5. The molecule has 7 rings (SSSR count). The lowest BCUT2D eigenvalue weighted by Gasteiger charge is -2.60. The monoisotopic (exact) mass is 665 g/mol. The third-order valence-electron chi connectivity index (χ3n) is 10.6. The Labute approximate surface area is 276 Å². The van der Waals surface area contributed by atoms with Gasteiger partial charge in [-0.15, -0.1) is 0 Å². The number of alkyl halides is 3. The number of ether oxygens (including phenoxy) is 3. The van der Waals surface area contributed by atoms with Gasteiger partial charge in [0.05, 0.1) is 30.8 Å². The fourth-order valence-electron chi connectivity index (χ4n) is 8.29. The number of hydrogen-bond donors (Lipinski definition) is 3. The van der Waals surface area contributed by atoms with E-state index in [4.69, 9.17) is 14.2 Å². The number of carbonyl (C=O) groups is 1. The highest BCUT2D eigenvalue weighted by molar-refractivity contribution is 5.91. The molecule has 3 N–H and O–H groups in total. The number of nitrogens with zero attached hydrogens (tertiary/aromatic N) is 2. The molecule has 1 saturated heterocycles. The number of piperazine rings is 1. The van der Waals surface area contributed by atoms with Gasteiger partial charge in [0.1, 0.15) is 6.23 Å². The van der Waals surface area contributed by atoms with E-state index in [1.165, 1.54) is 31.4 Å². The Morgan fingerprint density at radius 1 is 1.08 bits per heavy atom. The molecular weight excluding hydrogens is 627 g/mol. The summed E-state index contributed by atoms with van der Waals surface area (Å²) in [6, 6.07) is 5.30. The van der Waals surface area contributed by atoms with Crippen molar-refractivity contribution >= 4 is 12.0 Å². The normalized spacial score (nSPS) is 24.6. The second-order valence-corrected chi connectivity index (χ2v) is 13.1. The van der Waals surface area contributed by atoms with Gasteiger partial charge in [0.25, 0.3) is 0 Å². The van der Waals surface area contributed by atoms with Gasteiger partial charge in [0.2, 0.25) is 12.7 Å². The second kappa shape index (κ2) is 11.7. The highest BCUT2D eigenvalue weighted by Gasteiger charge is 2.56. The van der Waals surface area contributed by atoms with Crippen LogP contribution in [0.3, 0.4) is 0 Å². The lowest BCUT2D eigenvalue weighted by atomic mass is 9.72. The maximum absolute atomic E-state index is 13.2. The largest absolute Gasteiger partial charge is 0.504 e. The summed E-state index contributed by atoms with van der Waals surface area (Å²) in [7, 11) is 3.50. The van der Waals surface area contributed by atoms with Crippen LogP contribution in [0.15, 0.2) is 36.4 Å². The zero-order valence-electron chi connectivity index (χ0n) is 27.3. The first-order valence-corrected chi connectivity index (χ1v) is 15.9. The number of carbonyl (C=O) groups excluding carboxylic acids is 1. The van der Waals surface area contributed by atoms with Gasteiger partial charge < -0.3 is 29.7 Å². The molecule has 0 radical (unpaired) electrons. The Morgan fingerprint density at radius 3 is 2.56 bits per heavy atom. The molecular formula is C36H38F3N3O6. The van der Waals surface area contributed by atoms with Crippen molar-refractivity contribution < 1.29 is 42.4 Å². The summed E-state index contributed by atoms with van der Waals surface area (Å²) in [6.07, 6.45) is -1.87. The molecule has 4 aliphatic heterocycles. The van der Waals surface area contributed by atoms with Gasteiger partial charge in [0, 0.05) is 29.8 Å². The van der Waals surface area contributed by atoms with E-state index in [2.05, 4.69) is 10.2 Å². The molecule has 0 aromatic heterocycles. The van der Waals surface area contributed by atoms with Gasteiger partial charge in [-0.1, -0.05) is 18.2 Å². The first-order chi connectivity index (χ1) is 22.8. The average Bonchev–Trinajstić information content (AvgIpc) is 3.54. The third-order valence-corrected chi connectivity index (χ3v) is 10.6. The summed E-state index contributed by atoms with van der Waals surface area (Å²) in [6.45, 7) is 6.03. The quantitative estimate of drug-likeness (QED) is 0.324. The number of aliphatic hydroxyl groups is 1. The molecule has 5 atom stereocenters. The minimum atomic E-state index is -4.50. The number of fused-ring (bicyclic) bond motifs is 9. The SMILES string of the molecule is COc1c(C)cc2c(c1O)[C@H]1[C@@H]3Cc4c(C)c(C)c5c(c4[C@H](CNC(=O)/C=C/c4cccc(C(F)(F)F)c4)N3[C@@H](O)[C@H](C2)N1C)OCO5. The van der Waals surface area contributed by atoms with E-state index >= 15 is 0 Å². The van der Waals surface area contributed by atoms with Gasteiger partial charge in [-0.2, -0.15) is 13.2 Å². The number of aromatic hydroxyl groups is 1. The van der Waals surface area contributed by atoms with Crippen molar-refractivity contribution in [2.24, 2.45) is 0 Å². The molecule has 1 fully saturated rings. The van der Waals surface area contributed by atoms with E-state index in [1.54, 1.807) is 0 Å². The number of benzene rings is 3. The number of nitrogens with one attached hydrogen (secondary N) is 1. The number of hydrogen-bond acceptors (Lipinski definition) is 8. The van der Waals surface area contributed by atoms with Gasteiger partial charge in [-0.05, 0) is 92.2 Å². The smallest absolute Gasteiger partial charge is 0.416 e. The van der Waals surface area contributed by atoms with Crippen LogP contribution in [0.2, 0.25) is 0 Å². The predicted molar refractivity (Wildman–Crippen MR) is 171 cm³/mol. The van der Waals surface area contributed by atoms with Crippen molar-refractivity contribution in [1.29, 1.82) is 0 Å². The number of likely N-dealkylation sites (N-methyl/N-ethyl adjacent to an activating group) is 1. The molecule has 4 aliphatic rings. The average molecular weight is 666 g/mol. The predicted octanol–water partition coefficient (Wildman–Crippen LogP) is 5.10. The van der Waals surface area contributed by atoms with Crippen LogP contribution in [-0.2, 0) is 23.8 Å². The zero-order chi connectivity index (χ0) is 34.2. The molecule has 254 valence electrons. The van der Waals surface area contributed by atoms with Crippen molar-refractivity contribution in [2.45, 2.75) is 70.2 Å². The maximum Gasteiger partial charge on any atom is 0.416 e. The van der Waals surface area contributed by atoms with Gasteiger partial charge in [-0.3, -0.25) is 14.6 Å². The summed E-state index contributed by atoms with van der Waals surface area (Å²) < 4.78 is 57.2. The van der Waals surface area contributed by atoms with Crippen molar-refractivity contribution in [3.05, 3.63) is 86.5 Å². The molecule has 9 nitrogen and oxygen atoms in total. The number of methoxy groups -OCH3 is 1. The molecule has 1 amide bonds. The highest BCUT2D eigenvalue weighted by atomic mass is 19.4. The highest BCUT2D eigenvalue weighted by Crippen LogP contribution is 2.56. The van der Waals surface area contributed by atoms with E-state index < -0.39 is 29.9 Å². The van der Waals surface area contributed by atoms with E-state index in [0.717, 1.165) is 51.1 Å². The van der Waals surface area contributed by atoms with Gasteiger partial charge in [0.15, 0.2) is 23.0 Å². The molecule has 12 heteroatoms. The Kier molecular flexibility index (Phi) is 7.88. The number of phenols is 1. The fourth-order valence-corrected chi connectivity index (χ4v) is 8.29. The molecule has 0 saturated carbocycles. The number of phenolic OH excluding ortho intramolecular Hbond substituents is 1. The topological polar surface area (TPSA) is 104 Å². The Morgan fingerprint density at radius 2 is 1.83 bits per heavy atom. The summed E-state index contributed by atoms with van der Waals surface area (Å²) in [4.78, 5) is 17.4. The van der Waals surface area contributed by atoms with E-state index in [0.29, 0.717) is 30.1 Å². The molecule has 3 aromatic rings. The van der Waals surface area contributed by atoms with Crippen LogP contribution in [0.5, 0.6) is 23.0 Å². The van der Waals surface area contributed by atoms with Crippen LogP contribution in [0, 0.1) is 20.8 Å².